The normalized spacial score (nSPS) is 18.1. The number of nitrogens with zero attached hydrogens (tertiary/aromatic N) is 6. The second-order valence-corrected chi connectivity index (χ2v) is 6.10. The Morgan fingerprint density at radius 2 is 2.12 bits per heavy atom. The van der Waals surface area contributed by atoms with Gasteiger partial charge >= 0.3 is 0 Å². The van der Waals surface area contributed by atoms with Gasteiger partial charge in [-0.15, -0.1) is 0 Å². The van der Waals surface area contributed by atoms with Gasteiger partial charge in [0.05, 0.1) is 29.8 Å². The van der Waals surface area contributed by atoms with Crippen molar-refractivity contribution in [3.8, 4) is 5.82 Å². The van der Waals surface area contributed by atoms with Gasteiger partial charge in [-0.1, -0.05) is 6.07 Å². The quantitative estimate of drug-likeness (QED) is 0.740. The molecule has 1 aliphatic heterocycles. The summed E-state index contributed by atoms with van der Waals surface area (Å²) in [5.74, 6) is 1.74. The number of aromatic nitrogens is 5. The standard InChI is InChI=1S/C18H20N6/c1-14-20-8-10-24(14)18-12-19-11-16(22-18)17-6-4-9-23(17)13-15-5-2-3-7-21-15/h2-3,5,7-8,10-12,17H,4,6,9,13H2,1H3/t17-/m1/s1. The van der Waals surface area contributed by atoms with E-state index in [9.17, 15) is 0 Å². The minimum Gasteiger partial charge on any atom is -0.289 e. The second-order valence-electron chi connectivity index (χ2n) is 6.10. The number of likely N-dealkylation sites (tertiary alicyclic amines) is 1. The van der Waals surface area contributed by atoms with Crippen molar-refractivity contribution in [1.29, 1.82) is 0 Å². The van der Waals surface area contributed by atoms with Crippen molar-refractivity contribution in [2.45, 2.75) is 32.4 Å². The average Bonchev–Trinajstić information content (AvgIpc) is 3.25. The van der Waals surface area contributed by atoms with Gasteiger partial charge in [-0.05, 0) is 38.4 Å². The lowest BCUT2D eigenvalue weighted by Gasteiger charge is -2.23. The molecular formula is C18H20N6. The van der Waals surface area contributed by atoms with Crippen molar-refractivity contribution in [3.05, 3.63) is 66.4 Å². The summed E-state index contributed by atoms with van der Waals surface area (Å²) in [7, 11) is 0. The van der Waals surface area contributed by atoms with Gasteiger partial charge in [-0.2, -0.15) is 0 Å². The largest absolute Gasteiger partial charge is 0.289 e. The number of hydrogen-bond acceptors (Lipinski definition) is 5. The first-order chi connectivity index (χ1) is 11.8. The molecule has 1 saturated heterocycles. The number of rotatable bonds is 4. The zero-order valence-corrected chi connectivity index (χ0v) is 13.7. The van der Waals surface area contributed by atoms with E-state index < -0.39 is 0 Å². The van der Waals surface area contributed by atoms with Crippen molar-refractivity contribution in [2.75, 3.05) is 6.54 Å². The van der Waals surface area contributed by atoms with Crippen LogP contribution in [-0.4, -0.2) is 35.9 Å². The molecule has 6 heteroatoms. The van der Waals surface area contributed by atoms with Crippen LogP contribution in [0.1, 0.15) is 36.1 Å². The molecule has 1 atom stereocenters. The Morgan fingerprint density at radius 3 is 2.92 bits per heavy atom. The summed E-state index contributed by atoms with van der Waals surface area (Å²) in [6.07, 6.45) is 11.5. The zero-order valence-electron chi connectivity index (χ0n) is 13.7. The molecule has 3 aromatic heterocycles. The van der Waals surface area contributed by atoms with Crippen LogP contribution in [0, 0.1) is 6.92 Å². The van der Waals surface area contributed by atoms with E-state index in [1.54, 1.807) is 12.4 Å². The van der Waals surface area contributed by atoms with Crippen LogP contribution >= 0.6 is 0 Å². The highest BCUT2D eigenvalue weighted by Gasteiger charge is 2.28. The van der Waals surface area contributed by atoms with Crippen molar-refractivity contribution in [2.24, 2.45) is 0 Å². The van der Waals surface area contributed by atoms with E-state index in [0.717, 1.165) is 42.5 Å². The van der Waals surface area contributed by atoms with Crippen LogP contribution in [0.15, 0.2) is 49.2 Å². The van der Waals surface area contributed by atoms with Crippen LogP contribution in [0.2, 0.25) is 0 Å². The van der Waals surface area contributed by atoms with Gasteiger partial charge in [-0.3, -0.25) is 19.4 Å². The molecule has 0 saturated carbocycles. The molecule has 0 bridgehead atoms. The van der Waals surface area contributed by atoms with E-state index >= 15 is 0 Å². The summed E-state index contributed by atoms with van der Waals surface area (Å²) in [6, 6.07) is 6.36. The lowest BCUT2D eigenvalue weighted by atomic mass is 10.1. The first-order valence-corrected chi connectivity index (χ1v) is 8.27. The Labute approximate surface area is 141 Å². The topological polar surface area (TPSA) is 59.7 Å². The third-order valence-electron chi connectivity index (χ3n) is 4.51. The predicted molar refractivity (Wildman–Crippen MR) is 90.5 cm³/mol. The predicted octanol–water partition coefficient (Wildman–Crippen LogP) is 2.70. The number of imidazole rings is 1. The Hall–Kier alpha value is -2.60. The van der Waals surface area contributed by atoms with E-state index in [4.69, 9.17) is 4.98 Å². The Bertz CT molecular complexity index is 813. The molecule has 1 fully saturated rings. The Kier molecular flexibility index (Phi) is 4.04. The maximum absolute atomic E-state index is 4.85. The van der Waals surface area contributed by atoms with Gasteiger partial charge < -0.3 is 0 Å². The van der Waals surface area contributed by atoms with Crippen LogP contribution in [0.3, 0.4) is 0 Å². The third kappa shape index (κ3) is 2.92. The molecule has 0 spiro atoms. The molecule has 4 heterocycles. The van der Waals surface area contributed by atoms with Crippen molar-refractivity contribution < 1.29 is 0 Å². The highest BCUT2D eigenvalue weighted by Crippen LogP contribution is 2.31. The monoisotopic (exact) mass is 320 g/mol. The fourth-order valence-corrected chi connectivity index (χ4v) is 3.32. The fourth-order valence-electron chi connectivity index (χ4n) is 3.32. The van der Waals surface area contributed by atoms with Gasteiger partial charge in [0.1, 0.15) is 5.82 Å². The van der Waals surface area contributed by atoms with Gasteiger partial charge in [0.15, 0.2) is 5.82 Å². The smallest absolute Gasteiger partial charge is 0.156 e. The maximum Gasteiger partial charge on any atom is 0.156 e. The highest BCUT2D eigenvalue weighted by molar-refractivity contribution is 5.23. The molecule has 0 aliphatic carbocycles. The summed E-state index contributed by atoms with van der Waals surface area (Å²) in [5, 5.41) is 0. The van der Waals surface area contributed by atoms with E-state index in [1.165, 1.54) is 6.42 Å². The molecule has 6 nitrogen and oxygen atoms in total. The summed E-state index contributed by atoms with van der Waals surface area (Å²) in [6.45, 7) is 3.88. The Balaban J connectivity index is 1.59. The molecule has 3 aromatic rings. The van der Waals surface area contributed by atoms with Crippen molar-refractivity contribution in [1.82, 2.24) is 29.4 Å². The third-order valence-corrected chi connectivity index (χ3v) is 4.51. The first kappa shape index (κ1) is 15.0. The molecule has 0 radical (unpaired) electrons. The van der Waals surface area contributed by atoms with E-state index in [1.807, 2.05) is 42.2 Å². The van der Waals surface area contributed by atoms with Gasteiger partial charge in [0, 0.05) is 25.1 Å². The van der Waals surface area contributed by atoms with Crippen LogP contribution in [-0.2, 0) is 6.54 Å². The highest BCUT2D eigenvalue weighted by atomic mass is 15.2. The van der Waals surface area contributed by atoms with Crippen molar-refractivity contribution >= 4 is 0 Å². The van der Waals surface area contributed by atoms with Crippen LogP contribution in [0.25, 0.3) is 5.82 Å². The molecule has 1 aliphatic rings. The SMILES string of the molecule is Cc1nccn1-c1cncc([C@H]2CCCN2Cc2ccccn2)n1. The molecule has 122 valence electrons. The van der Waals surface area contributed by atoms with E-state index in [-0.39, 0.29) is 0 Å². The molecule has 0 unspecified atom stereocenters. The minimum absolute atomic E-state index is 0.295. The van der Waals surface area contributed by atoms with Crippen LogP contribution in [0.4, 0.5) is 0 Å². The molecule has 0 amide bonds. The molecule has 4 rings (SSSR count). The number of hydrogen-bond donors (Lipinski definition) is 0. The Morgan fingerprint density at radius 1 is 1.17 bits per heavy atom. The van der Waals surface area contributed by atoms with Crippen LogP contribution in [0.5, 0.6) is 0 Å². The van der Waals surface area contributed by atoms with Gasteiger partial charge in [-0.25, -0.2) is 9.97 Å². The summed E-state index contributed by atoms with van der Waals surface area (Å²) >= 11 is 0. The molecule has 24 heavy (non-hydrogen) atoms. The minimum atomic E-state index is 0.295. The number of pyridine rings is 1. The van der Waals surface area contributed by atoms with E-state index in [0.29, 0.717) is 6.04 Å². The first-order valence-electron chi connectivity index (χ1n) is 8.27. The van der Waals surface area contributed by atoms with Crippen molar-refractivity contribution in [3.63, 3.8) is 0 Å². The molecular weight excluding hydrogens is 300 g/mol. The summed E-state index contributed by atoms with van der Waals surface area (Å²) in [4.78, 5) is 20.4. The van der Waals surface area contributed by atoms with Crippen LogP contribution < -0.4 is 0 Å². The van der Waals surface area contributed by atoms with E-state index in [2.05, 4.69) is 25.9 Å². The second kappa shape index (κ2) is 6.49. The maximum atomic E-state index is 4.85. The van der Waals surface area contributed by atoms with Gasteiger partial charge in [0.25, 0.3) is 0 Å². The summed E-state index contributed by atoms with van der Waals surface area (Å²) in [5.41, 5.74) is 2.12. The van der Waals surface area contributed by atoms with Gasteiger partial charge in [0.2, 0.25) is 0 Å². The fraction of sp³-hybridized carbons (Fsp3) is 0.333. The number of aryl methyl sites for hydroxylation is 1. The molecule has 0 N–H and O–H groups in total. The summed E-state index contributed by atoms with van der Waals surface area (Å²) < 4.78 is 1.97. The zero-order chi connectivity index (χ0) is 16.4. The average molecular weight is 320 g/mol. The molecule has 0 aromatic carbocycles. The lowest BCUT2D eigenvalue weighted by molar-refractivity contribution is 0.241. The lowest BCUT2D eigenvalue weighted by Crippen LogP contribution is -2.24.